The molecule has 1 rings (SSSR count). The molecule has 1 amide bonds. The first-order valence-electron chi connectivity index (χ1n) is 5.65. The number of carboxylic acids is 1. The third kappa shape index (κ3) is 3.53. The summed E-state index contributed by atoms with van der Waals surface area (Å²) in [5.41, 5.74) is 0. The Morgan fingerprint density at radius 2 is 2.00 bits per heavy atom. The fourth-order valence-electron chi connectivity index (χ4n) is 2.04. The van der Waals surface area contributed by atoms with Gasteiger partial charge in [0.2, 0.25) is 5.91 Å². The molecular formula is C11H19NO3. The molecule has 0 bridgehead atoms. The Hall–Kier alpha value is -1.06. The summed E-state index contributed by atoms with van der Waals surface area (Å²) in [5, 5.41) is 11.7. The van der Waals surface area contributed by atoms with Gasteiger partial charge < -0.3 is 10.4 Å². The van der Waals surface area contributed by atoms with E-state index in [0.29, 0.717) is 19.4 Å². The Labute approximate surface area is 90.0 Å². The highest BCUT2D eigenvalue weighted by Gasteiger charge is 2.30. The molecule has 0 aromatic carbocycles. The lowest BCUT2D eigenvalue weighted by Gasteiger charge is -2.25. The number of hydrogen-bond acceptors (Lipinski definition) is 2. The van der Waals surface area contributed by atoms with E-state index in [4.69, 9.17) is 5.11 Å². The molecule has 2 N–H and O–H groups in total. The Kier molecular flexibility index (Phi) is 4.59. The largest absolute Gasteiger partial charge is 0.481 e. The van der Waals surface area contributed by atoms with Crippen LogP contribution in [0, 0.1) is 11.8 Å². The van der Waals surface area contributed by atoms with Crippen molar-refractivity contribution in [1.29, 1.82) is 0 Å². The lowest BCUT2D eigenvalue weighted by atomic mass is 9.81. The zero-order valence-electron chi connectivity index (χ0n) is 9.16. The van der Waals surface area contributed by atoms with Crippen molar-refractivity contribution in [3.05, 3.63) is 0 Å². The smallest absolute Gasteiger partial charge is 0.306 e. The van der Waals surface area contributed by atoms with Gasteiger partial charge in [-0.2, -0.15) is 0 Å². The number of carboxylic acid groups (broad SMARTS) is 1. The van der Waals surface area contributed by atoms with Crippen LogP contribution in [-0.2, 0) is 9.59 Å². The summed E-state index contributed by atoms with van der Waals surface area (Å²) in [7, 11) is 0. The van der Waals surface area contributed by atoms with Crippen LogP contribution in [0.2, 0.25) is 0 Å². The molecule has 1 fully saturated rings. The zero-order chi connectivity index (χ0) is 11.3. The van der Waals surface area contributed by atoms with E-state index < -0.39 is 5.97 Å². The van der Waals surface area contributed by atoms with Gasteiger partial charge >= 0.3 is 5.97 Å². The van der Waals surface area contributed by atoms with Gasteiger partial charge in [0.15, 0.2) is 0 Å². The van der Waals surface area contributed by atoms with Crippen LogP contribution in [0.15, 0.2) is 0 Å². The van der Waals surface area contributed by atoms with E-state index in [0.717, 1.165) is 19.3 Å². The molecule has 2 atom stereocenters. The minimum atomic E-state index is -0.761. The van der Waals surface area contributed by atoms with Crippen molar-refractivity contribution in [3.8, 4) is 0 Å². The van der Waals surface area contributed by atoms with E-state index in [1.807, 2.05) is 6.92 Å². The first-order valence-corrected chi connectivity index (χ1v) is 5.65. The predicted octanol–water partition coefficient (Wildman–Crippen LogP) is 1.40. The molecule has 86 valence electrons. The summed E-state index contributed by atoms with van der Waals surface area (Å²) >= 11 is 0. The lowest BCUT2D eigenvalue weighted by molar-refractivity contribution is -0.144. The van der Waals surface area contributed by atoms with Crippen LogP contribution in [-0.4, -0.2) is 23.5 Å². The van der Waals surface area contributed by atoms with Crippen LogP contribution in [0.4, 0.5) is 0 Å². The lowest BCUT2D eigenvalue weighted by Crippen LogP contribution is -2.35. The first kappa shape index (κ1) is 12.0. The minimum Gasteiger partial charge on any atom is -0.481 e. The van der Waals surface area contributed by atoms with Gasteiger partial charge in [0.1, 0.15) is 0 Å². The van der Waals surface area contributed by atoms with Crippen molar-refractivity contribution < 1.29 is 14.7 Å². The maximum Gasteiger partial charge on any atom is 0.306 e. The molecule has 1 aliphatic carbocycles. The standard InChI is InChI=1S/C11H19NO3/c1-2-6-12-10(13)8-4-3-5-9(7-8)11(14)15/h8-9H,2-7H2,1H3,(H,12,13)(H,14,15). The minimum absolute atomic E-state index is 0.0304. The van der Waals surface area contributed by atoms with E-state index in [9.17, 15) is 9.59 Å². The highest BCUT2D eigenvalue weighted by molar-refractivity contribution is 5.80. The van der Waals surface area contributed by atoms with Gasteiger partial charge in [0.25, 0.3) is 0 Å². The van der Waals surface area contributed by atoms with Crippen LogP contribution in [0.3, 0.4) is 0 Å². The summed E-state index contributed by atoms with van der Waals surface area (Å²) < 4.78 is 0. The highest BCUT2D eigenvalue weighted by atomic mass is 16.4. The Morgan fingerprint density at radius 1 is 1.33 bits per heavy atom. The van der Waals surface area contributed by atoms with Crippen molar-refractivity contribution in [2.24, 2.45) is 11.8 Å². The van der Waals surface area contributed by atoms with E-state index in [1.54, 1.807) is 0 Å². The van der Waals surface area contributed by atoms with Gasteiger partial charge in [-0.15, -0.1) is 0 Å². The SMILES string of the molecule is CCCNC(=O)C1CCCC(C(=O)O)C1. The van der Waals surface area contributed by atoms with Crippen LogP contribution in [0.25, 0.3) is 0 Å². The normalized spacial score (nSPS) is 25.9. The number of hydrogen-bond donors (Lipinski definition) is 2. The molecule has 0 spiro atoms. The monoisotopic (exact) mass is 213 g/mol. The fraction of sp³-hybridized carbons (Fsp3) is 0.818. The van der Waals surface area contributed by atoms with Gasteiger partial charge in [-0.05, 0) is 25.7 Å². The first-order chi connectivity index (χ1) is 7.15. The Bertz CT molecular complexity index is 240. The number of aliphatic carboxylic acids is 1. The van der Waals surface area contributed by atoms with Crippen LogP contribution >= 0.6 is 0 Å². The van der Waals surface area contributed by atoms with Gasteiger partial charge in [-0.3, -0.25) is 9.59 Å². The Balaban J connectivity index is 2.41. The third-order valence-corrected chi connectivity index (χ3v) is 2.94. The molecule has 2 unspecified atom stereocenters. The van der Waals surface area contributed by atoms with E-state index >= 15 is 0 Å². The number of rotatable bonds is 4. The highest BCUT2D eigenvalue weighted by Crippen LogP contribution is 2.29. The topological polar surface area (TPSA) is 66.4 Å². The van der Waals surface area contributed by atoms with Crippen molar-refractivity contribution in [1.82, 2.24) is 5.32 Å². The van der Waals surface area contributed by atoms with Gasteiger partial charge in [-0.25, -0.2) is 0 Å². The Morgan fingerprint density at radius 3 is 2.60 bits per heavy atom. The summed E-state index contributed by atoms with van der Waals surface area (Å²) in [5.74, 6) is -1.15. The van der Waals surface area contributed by atoms with E-state index in [-0.39, 0.29) is 17.7 Å². The van der Waals surface area contributed by atoms with Gasteiger partial charge in [0.05, 0.1) is 5.92 Å². The van der Waals surface area contributed by atoms with Crippen LogP contribution < -0.4 is 5.32 Å². The van der Waals surface area contributed by atoms with Crippen LogP contribution in [0.1, 0.15) is 39.0 Å². The molecule has 4 nitrogen and oxygen atoms in total. The number of carbonyl (C=O) groups is 2. The molecule has 4 heteroatoms. The second-order valence-electron chi connectivity index (χ2n) is 4.19. The number of nitrogens with one attached hydrogen (secondary N) is 1. The van der Waals surface area contributed by atoms with Crippen molar-refractivity contribution in [3.63, 3.8) is 0 Å². The summed E-state index contributed by atoms with van der Waals surface area (Å²) in [6.07, 6.45) is 3.82. The average Bonchev–Trinajstić information content (AvgIpc) is 2.26. The summed E-state index contributed by atoms with van der Waals surface area (Å²) in [4.78, 5) is 22.4. The predicted molar refractivity (Wildman–Crippen MR) is 56.4 cm³/mol. The second kappa shape index (κ2) is 5.73. The molecule has 0 radical (unpaired) electrons. The molecule has 0 heterocycles. The average molecular weight is 213 g/mol. The van der Waals surface area contributed by atoms with Crippen LogP contribution in [0.5, 0.6) is 0 Å². The molecule has 0 aromatic heterocycles. The third-order valence-electron chi connectivity index (χ3n) is 2.94. The molecule has 1 aliphatic rings. The summed E-state index contributed by atoms with van der Waals surface area (Å²) in [6, 6.07) is 0. The van der Waals surface area contributed by atoms with Crippen molar-refractivity contribution >= 4 is 11.9 Å². The molecule has 0 saturated heterocycles. The van der Waals surface area contributed by atoms with Crippen molar-refractivity contribution in [2.45, 2.75) is 39.0 Å². The molecule has 15 heavy (non-hydrogen) atoms. The van der Waals surface area contributed by atoms with Gasteiger partial charge in [-0.1, -0.05) is 13.3 Å². The zero-order valence-corrected chi connectivity index (χ0v) is 9.16. The molecule has 0 aromatic rings. The molecule has 0 aliphatic heterocycles. The number of carbonyl (C=O) groups excluding carboxylic acids is 1. The second-order valence-corrected chi connectivity index (χ2v) is 4.19. The van der Waals surface area contributed by atoms with E-state index in [1.165, 1.54) is 0 Å². The van der Waals surface area contributed by atoms with Crippen molar-refractivity contribution in [2.75, 3.05) is 6.54 Å². The number of amides is 1. The summed E-state index contributed by atoms with van der Waals surface area (Å²) in [6.45, 7) is 2.69. The fourth-order valence-corrected chi connectivity index (χ4v) is 2.04. The molecule has 1 saturated carbocycles. The van der Waals surface area contributed by atoms with Gasteiger partial charge in [0, 0.05) is 12.5 Å². The van der Waals surface area contributed by atoms with E-state index in [2.05, 4.69) is 5.32 Å². The maximum atomic E-state index is 11.6. The maximum absolute atomic E-state index is 11.6. The quantitative estimate of drug-likeness (QED) is 0.742. The molecular weight excluding hydrogens is 194 g/mol.